The van der Waals surface area contributed by atoms with Crippen molar-refractivity contribution in [3.8, 4) is 0 Å². The minimum absolute atomic E-state index is 0. The summed E-state index contributed by atoms with van der Waals surface area (Å²) in [6, 6.07) is 17.6. The Morgan fingerprint density at radius 2 is 1.55 bits per heavy atom. The maximum atomic E-state index is 13.8. The number of anilines is 1. The van der Waals surface area contributed by atoms with Crippen LogP contribution in [0, 0.1) is 0 Å². The van der Waals surface area contributed by atoms with Crippen LogP contribution in [0.4, 0.5) is 5.69 Å². The quantitative estimate of drug-likeness (QED) is 0.231. The van der Waals surface area contributed by atoms with Crippen LogP contribution in [0.15, 0.2) is 64.2 Å². The zero-order chi connectivity index (χ0) is 27.1. The number of hydrogen-bond donors (Lipinski definition) is 2. The average molecular weight is 592 g/mol. The SMILES string of the molecule is CCCn1c(=O)c2c(nc(Cc3ccccc3)n2CCN(CC)CCO)n(CCc2ccc(N)cc2)c1=O.Cl.Cl. The van der Waals surface area contributed by atoms with E-state index in [9.17, 15) is 14.7 Å². The minimum Gasteiger partial charge on any atom is -0.399 e. The molecule has 0 fully saturated rings. The second kappa shape index (κ2) is 15.6. The molecule has 0 aliphatic heterocycles. The third-order valence-corrected chi connectivity index (χ3v) is 6.95. The lowest BCUT2D eigenvalue weighted by molar-refractivity contribution is 0.197. The van der Waals surface area contributed by atoms with Crippen LogP contribution in [0.3, 0.4) is 0 Å². The van der Waals surface area contributed by atoms with Gasteiger partial charge in [0, 0.05) is 44.8 Å². The van der Waals surface area contributed by atoms with Gasteiger partial charge in [-0.25, -0.2) is 9.78 Å². The third-order valence-electron chi connectivity index (χ3n) is 6.95. The molecule has 0 atom stereocenters. The standard InChI is InChI=1S/C29H38N6O3.2ClH/c1-3-15-35-28(37)26-27(34(29(35)38)16-14-22-10-12-24(30)13-11-22)31-25(21-23-8-6-5-7-9-23)33(26)18-17-32(4-2)19-20-36;;/h5-13,36H,3-4,14-21,30H2,1-2H3;2*1H. The molecule has 0 unspecified atom stereocenters. The molecule has 2 aromatic carbocycles. The van der Waals surface area contributed by atoms with Crippen LogP contribution in [0.25, 0.3) is 11.2 Å². The van der Waals surface area contributed by atoms with Gasteiger partial charge in [0.25, 0.3) is 5.56 Å². The molecule has 9 nitrogen and oxygen atoms in total. The predicted molar refractivity (Wildman–Crippen MR) is 166 cm³/mol. The Hall–Kier alpha value is -3.11. The molecule has 3 N–H and O–H groups in total. The van der Waals surface area contributed by atoms with E-state index in [-0.39, 0.29) is 42.7 Å². The summed E-state index contributed by atoms with van der Waals surface area (Å²) in [5.74, 6) is 0.748. The van der Waals surface area contributed by atoms with Gasteiger partial charge in [0.05, 0.1) is 6.61 Å². The second-order valence-electron chi connectivity index (χ2n) is 9.55. The van der Waals surface area contributed by atoms with Gasteiger partial charge in [-0.05, 0) is 42.6 Å². The first-order chi connectivity index (χ1) is 18.5. The van der Waals surface area contributed by atoms with E-state index in [0.29, 0.717) is 68.8 Å². The Morgan fingerprint density at radius 3 is 2.17 bits per heavy atom. The van der Waals surface area contributed by atoms with Gasteiger partial charge in [0.1, 0.15) is 5.82 Å². The highest BCUT2D eigenvalue weighted by atomic mass is 35.5. The van der Waals surface area contributed by atoms with Gasteiger partial charge in [-0.2, -0.15) is 0 Å². The Balaban J connectivity index is 0.00000280. The number of rotatable bonds is 13. The number of aromatic nitrogens is 4. The largest absolute Gasteiger partial charge is 0.399 e. The summed E-state index contributed by atoms with van der Waals surface area (Å²) >= 11 is 0. The van der Waals surface area contributed by atoms with E-state index in [1.165, 1.54) is 4.57 Å². The monoisotopic (exact) mass is 590 g/mol. The zero-order valence-corrected chi connectivity index (χ0v) is 24.8. The van der Waals surface area contributed by atoms with Crippen molar-refractivity contribution in [2.24, 2.45) is 0 Å². The molecular formula is C29H40Cl2N6O3. The number of likely N-dealkylation sites (N-methyl/N-ethyl adjacent to an activating group) is 1. The number of aliphatic hydroxyl groups excluding tert-OH is 1. The van der Waals surface area contributed by atoms with Crippen LogP contribution in [-0.4, -0.2) is 54.9 Å². The Kier molecular flexibility index (Phi) is 12.9. The number of imidazole rings is 1. The summed E-state index contributed by atoms with van der Waals surface area (Å²) in [4.78, 5) is 34.4. The molecule has 0 amide bonds. The average Bonchev–Trinajstić information content (AvgIpc) is 3.28. The lowest BCUT2D eigenvalue weighted by Gasteiger charge is -2.20. The normalized spacial score (nSPS) is 11.0. The Morgan fingerprint density at radius 1 is 0.850 bits per heavy atom. The maximum absolute atomic E-state index is 13.8. The molecule has 11 heteroatoms. The number of nitrogen functional groups attached to an aromatic ring is 1. The molecule has 4 rings (SSSR count). The number of nitrogens with zero attached hydrogens (tertiary/aromatic N) is 5. The molecule has 0 spiro atoms. The van der Waals surface area contributed by atoms with E-state index >= 15 is 0 Å². The fraction of sp³-hybridized carbons (Fsp3) is 0.414. The third kappa shape index (κ3) is 7.54. The van der Waals surface area contributed by atoms with Crippen molar-refractivity contribution in [1.82, 2.24) is 23.6 Å². The predicted octanol–water partition coefficient (Wildman–Crippen LogP) is 3.34. The van der Waals surface area contributed by atoms with E-state index in [2.05, 4.69) is 11.8 Å². The summed E-state index contributed by atoms with van der Waals surface area (Å²) in [7, 11) is 0. The van der Waals surface area contributed by atoms with Crippen molar-refractivity contribution >= 4 is 41.7 Å². The number of benzene rings is 2. The highest BCUT2D eigenvalue weighted by Gasteiger charge is 2.22. The van der Waals surface area contributed by atoms with Gasteiger partial charge < -0.3 is 15.4 Å². The van der Waals surface area contributed by atoms with E-state index in [0.717, 1.165) is 23.5 Å². The van der Waals surface area contributed by atoms with Gasteiger partial charge in [-0.1, -0.05) is 56.3 Å². The summed E-state index contributed by atoms with van der Waals surface area (Å²) in [6.45, 7) is 7.36. The molecule has 4 aromatic rings. The molecule has 2 aromatic heterocycles. The van der Waals surface area contributed by atoms with Crippen molar-refractivity contribution < 1.29 is 5.11 Å². The number of hydrogen-bond acceptors (Lipinski definition) is 6. The molecule has 218 valence electrons. The summed E-state index contributed by atoms with van der Waals surface area (Å²) in [5.41, 5.74) is 8.93. The highest BCUT2D eigenvalue weighted by Crippen LogP contribution is 2.17. The van der Waals surface area contributed by atoms with Crippen LogP contribution in [0.5, 0.6) is 0 Å². The fourth-order valence-corrected chi connectivity index (χ4v) is 4.85. The highest BCUT2D eigenvalue weighted by molar-refractivity contribution is 5.85. The fourth-order valence-electron chi connectivity index (χ4n) is 4.85. The van der Waals surface area contributed by atoms with Crippen molar-refractivity contribution in [3.05, 3.63) is 92.4 Å². The van der Waals surface area contributed by atoms with Crippen LogP contribution in [-0.2, 0) is 32.5 Å². The second-order valence-corrected chi connectivity index (χ2v) is 9.55. The Bertz CT molecular complexity index is 1470. The molecule has 0 aliphatic rings. The van der Waals surface area contributed by atoms with Crippen LogP contribution in [0.1, 0.15) is 37.2 Å². The smallest absolute Gasteiger partial charge is 0.332 e. The van der Waals surface area contributed by atoms with E-state index < -0.39 is 0 Å². The van der Waals surface area contributed by atoms with Gasteiger partial charge in [-0.3, -0.25) is 18.8 Å². The topological polar surface area (TPSA) is 111 Å². The van der Waals surface area contributed by atoms with E-state index in [1.807, 2.05) is 66.1 Å². The van der Waals surface area contributed by atoms with Gasteiger partial charge >= 0.3 is 5.69 Å². The van der Waals surface area contributed by atoms with Crippen molar-refractivity contribution in [2.75, 3.05) is 32.0 Å². The molecule has 0 bridgehead atoms. The number of aryl methyl sites for hydroxylation is 2. The van der Waals surface area contributed by atoms with E-state index in [1.54, 1.807) is 4.57 Å². The maximum Gasteiger partial charge on any atom is 0.332 e. The van der Waals surface area contributed by atoms with Gasteiger partial charge in [0.15, 0.2) is 11.2 Å². The zero-order valence-electron chi connectivity index (χ0n) is 23.2. The van der Waals surface area contributed by atoms with Crippen molar-refractivity contribution in [2.45, 2.75) is 52.7 Å². The molecule has 40 heavy (non-hydrogen) atoms. The van der Waals surface area contributed by atoms with Crippen LogP contribution in [0.2, 0.25) is 0 Å². The lowest BCUT2D eigenvalue weighted by atomic mass is 10.1. The number of halogens is 2. The summed E-state index contributed by atoms with van der Waals surface area (Å²) < 4.78 is 4.98. The molecular weight excluding hydrogens is 551 g/mol. The molecule has 0 saturated carbocycles. The van der Waals surface area contributed by atoms with Crippen molar-refractivity contribution in [3.63, 3.8) is 0 Å². The molecule has 0 aliphatic carbocycles. The van der Waals surface area contributed by atoms with Gasteiger partial charge in [0.2, 0.25) is 0 Å². The first-order valence-electron chi connectivity index (χ1n) is 13.4. The van der Waals surface area contributed by atoms with E-state index in [4.69, 9.17) is 10.7 Å². The Labute approximate surface area is 247 Å². The molecule has 0 radical (unpaired) electrons. The number of aliphatic hydroxyl groups is 1. The lowest BCUT2D eigenvalue weighted by Crippen LogP contribution is -2.41. The van der Waals surface area contributed by atoms with Crippen LogP contribution >= 0.6 is 24.8 Å². The summed E-state index contributed by atoms with van der Waals surface area (Å²) in [5, 5.41) is 9.46. The number of nitrogens with two attached hydrogens (primary N) is 1. The minimum atomic E-state index is -0.328. The molecule has 0 saturated heterocycles. The summed E-state index contributed by atoms with van der Waals surface area (Å²) in [6.07, 6.45) is 1.82. The first-order valence-corrected chi connectivity index (χ1v) is 13.4. The molecule has 2 heterocycles. The first kappa shape index (κ1) is 33.1. The van der Waals surface area contributed by atoms with Crippen LogP contribution < -0.4 is 17.0 Å². The van der Waals surface area contributed by atoms with Crippen molar-refractivity contribution in [1.29, 1.82) is 0 Å². The number of fused-ring (bicyclic) bond motifs is 1. The van der Waals surface area contributed by atoms with Gasteiger partial charge in [-0.15, -0.1) is 24.8 Å².